The molecule has 9 aromatic carbocycles. The van der Waals surface area contributed by atoms with Crippen molar-refractivity contribution in [2.24, 2.45) is 0 Å². The van der Waals surface area contributed by atoms with E-state index in [2.05, 4.69) is 242 Å². The van der Waals surface area contributed by atoms with Gasteiger partial charge in [0.25, 0.3) is 0 Å². The van der Waals surface area contributed by atoms with E-state index < -0.39 is 5.41 Å². The molecule has 0 bridgehead atoms. The fraction of sp³-hybridized carbons (Fsp3) is 0.0769. The molecule has 6 heteroatoms. The fourth-order valence-electron chi connectivity index (χ4n) is 11.7. The number of nitrogens with zero attached hydrogens (tertiary/aromatic N) is 4. The van der Waals surface area contributed by atoms with E-state index in [1.807, 2.05) is 24.4 Å². The summed E-state index contributed by atoms with van der Waals surface area (Å²) in [6.45, 7) is 8.93. The molecule has 71 heavy (non-hydrogen) atoms. The minimum Gasteiger partial charge on any atom is -0.509 e. The SMILES string of the molecule is CC(C)(C)c1ccnc(-n2c3[c-]c(Oc4[c-]c(N5[CH-]N(c6c(-c7ccccc7)ccc7c6-c6ccccc6C76c7ccccc7-c7ccccc76)c6ccccc65)ccc4)ccc3c3ccccc32)c1.[Pt]. The van der Waals surface area contributed by atoms with Crippen molar-refractivity contribution >= 4 is 44.6 Å². The molecule has 11 aromatic rings. The van der Waals surface area contributed by atoms with Gasteiger partial charge in [-0.25, -0.2) is 4.98 Å². The first-order chi connectivity index (χ1) is 34.4. The summed E-state index contributed by atoms with van der Waals surface area (Å²) in [5, 5.41) is 2.23. The van der Waals surface area contributed by atoms with Crippen LogP contribution in [0.4, 0.5) is 22.7 Å². The summed E-state index contributed by atoms with van der Waals surface area (Å²) in [5.74, 6) is 2.04. The number of fused-ring (bicyclic) bond motifs is 14. The second-order valence-electron chi connectivity index (χ2n) is 19.6. The summed E-state index contributed by atoms with van der Waals surface area (Å²) in [7, 11) is 0. The van der Waals surface area contributed by atoms with E-state index in [4.69, 9.17) is 9.72 Å². The zero-order valence-corrected chi connectivity index (χ0v) is 41.6. The molecule has 0 N–H and O–H groups in total. The van der Waals surface area contributed by atoms with E-state index in [-0.39, 0.29) is 26.5 Å². The van der Waals surface area contributed by atoms with E-state index in [9.17, 15) is 0 Å². The predicted molar refractivity (Wildman–Crippen MR) is 285 cm³/mol. The van der Waals surface area contributed by atoms with Crippen LogP contribution in [0.5, 0.6) is 11.5 Å². The Morgan fingerprint density at radius 2 is 1.15 bits per heavy atom. The fourth-order valence-corrected chi connectivity index (χ4v) is 11.7. The van der Waals surface area contributed by atoms with Crippen LogP contribution in [0.3, 0.4) is 0 Å². The number of para-hydroxylation sites is 3. The van der Waals surface area contributed by atoms with E-state index >= 15 is 0 Å². The van der Waals surface area contributed by atoms with E-state index in [1.165, 1.54) is 50.1 Å². The van der Waals surface area contributed by atoms with Crippen molar-refractivity contribution in [1.29, 1.82) is 0 Å². The molecule has 1 aliphatic heterocycles. The minimum absolute atomic E-state index is 0. The van der Waals surface area contributed by atoms with Crippen molar-refractivity contribution in [3.05, 3.63) is 259 Å². The molecule has 1 spiro atoms. The van der Waals surface area contributed by atoms with Crippen molar-refractivity contribution in [2.45, 2.75) is 31.6 Å². The maximum atomic E-state index is 6.74. The monoisotopic (exact) mass is 1090 g/mol. The molecule has 3 aliphatic rings. The van der Waals surface area contributed by atoms with Gasteiger partial charge in [-0.3, -0.25) is 0 Å². The van der Waals surface area contributed by atoms with Gasteiger partial charge in [-0.15, -0.1) is 48.1 Å². The number of aromatic nitrogens is 2. The molecule has 0 amide bonds. The second-order valence-corrected chi connectivity index (χ2v) is 19.6. The zero-order chi connectivity index (χ0) is 46.7. The van der Waals surface area contributed by atoms with Gasteiger partial charge in [0.05, 0.1) is 5.41 Å². The molecule has 0 radical (unpaired) electrons. The molecule has 0 atom stereocenters. The van der Waals surface area contributed by atoms with Crippen LogP contribution >= 0.6 is 0 Å². The maximum Gasteiger partial charge on any atom is 0.135 e. The van der Waals surface area contributed by atoms with Crippen molar-refractivity contribution in [1.82, 2.24) is 9.55 Å². The number of hydrogen-bond acceptors (Lipinski definition) is 4. The standard InChI is InChI=1S/C65H45N4O.Pt/c1-64(2,3)43-36-37-66-61(38-43)69-57-29-14-10-24-50(57)51-33-32-46(40-60(51)69)70-45-21-17-20-44(39-45)67-41-68(59-31-16-15-30-58(59)67)63-47(42-18-5-4-6-19-42)34-35-56-62(63)52-25-9-13-28-55(52)65(56)53-26-11-7-22-48(53)49-23-8-12-27-54(49)65;/h4-38,41H,1-3H3;/q-3;. The zero-order valence-electron chi connectivity index (χ0n) is 39.3. The van der Waals surface area contributed by atoms with Crippen LogP contribution in [0.25, 0.3) is 61.0 Å². The molecular formula is C65H45N4OPt-3. The molecule has 0 fully saturated rings. The van der Waals surface area contributed by atoms with Gasteiger partial charge in [-0.1, -0.05) is 172 Å². The summed E-state index contributed by atoms with van der Waals surface area (Å²) < 4.78 is 8.94. The summed E-state index contributed by atoms with van der Waals surface area (Å²) in [6.07, 6.45) is 1.91. The third kappa shape index (κ3) is 6.39. The molecule has 344 valence electrons. The van der Waals surface area contributed by atoms with Gasteiger partial charge in [0.15, 0.2) is 0 Å². The van der Waals surface area contributed by atoms with Crippen molar-refractivity contribution in [3.63, 3.8) is 0 Å². The molecule has 14 rings (SSSR count). The van der Waals surface area contributed by atoms with Gasteiger partial charge in [0, 0.05) is 72.5 Å². The third-order valence-corrected chi connectivity index (χ3v) is 14.7. The summed E-state index contributed by atoms with van der Waals surface area (Å²) in [4.78, 5) is 9.53. The van der Waals surface area contributed by atoms with Crippen LogP contribution in [0.2, 0.25) is 0 Å². The normalized spacial score (nSPS) is 13.7. The largest absolute Gasteiger partial charge is 0.509 e. The average molecular weight is 1090 g/mol. The topological polar surface area (TPSA) is 33.5 Å². The first-order valence-electron chi connectivity index (χ1n) is 24.0. The molecule has 2 aromatic heterocycles. The Kier molecular flexibility index (Phi) is 9.89. The molecule has 2 aliphatic carbocycles. The van der Waals surface area contributed by atoms with Gasteiger partial charge in [0.1, 0.15) is 5.82 Å². The number of pyridine rings is 1. The van der Waals surface area contributed by atoms with Crippen LogP contribution in [-0.4, -0.2) is 9.55 Å². The summed E-state index contributed by atoms with van der Waals surface area (Å²) in [6, 6.07) is 81.7. The first kappa shape index (κ1) is 43.1. The number of rotatable bonds is 6. The first-order valence-corrected chi connectivity index (χ1v) is 24.0. The Labute approximate surface area is 428 Å². The van der Waals surface area contributed by atoms with Crippen LogP contribution in [0, 0.1) is 18.8 Å². The van der Waals surface area contributed by atoms with Gasteiger partial charge in [0.2, 0.25) is 0 Å². The number of ether oxygens (including phenoxy) is 1. The Morgan fingerprint density at radius 3 is 1.90 bits per heavy atom. The Hall–Kier alpha value is -7.98. The van der Waals surface area contributed by atoms with Crippen LogP contribution in [0.15, 0.2) is 212 Å². The molecule has 3 heterocycles. The maximum absolute atomic E-state index is 6.74. The Morgan fingerprint density at radius 1 is 0.521 bits per heavy atom. The average Bonchev–Trinajstić information content (AvgIpc) is 4.13. The van der Waals surface area contributed by atoms with Gasteiger partial charge in [-0.05, 0) is 91.2 Å². The minimum atomic E-state index is -0.483. The van der Waals surface area contributed by atoms with Crippen LogP contribution in [-0.2, 0) is 31.9 Å². The smallest absolute Gasteiger partial charge is 0.135 e. The Balaban J connectivity index is 0.00000492. The van der Waals surface area contributed by atoms with Crippen molar-refractivity contribution in [2.75, 3.05) is 9.80 Å². The predicted octanol–water partition coefficient (Wildman–Crippen LogP) is 16.3. The second kappa shape index (κ2) is 16.3. The number of hydrogen-bond donors (Lipinski definition) is 0. The van der Waals surface area contributed by atoms with E-state index in [0.717, 1.165) is 61.5 Å². The van der Waals surface area contributed by atoms with Gasteiger partial charge >= 0.3 is 0 Å². The summed E-state index contributed by atoms with van der Waals surface area (Å²) >= 11 is 0. The number of benzene rings is 9. The summed E-state index contributed by atoms with van der Waals surface area (Å²) in [5.41, 5.74) is 19.4. The quantitative estimate of drug-likeness (QED) is 0.155. The molecule has 5 nitrogen and oxygen atoms in total. The molecule has 0 unspecified atom stereocenters. The van der Waals surface area contributed by atoms with Crippen LogP contribution < -0.4 is 14.5 Å². The third-order valence-electron chi connectivity index (χ3n) is 14.7. The van der Waals surface area contributed by atoms with E-state index in [0.29, 0.717) is 11.5 Å². The van der Waals surface area contributed by atoms with Crippen molar-refractivity contribution < 1.29 is 25.8 Å². The van der Waals surface area contributed by atoms with Crippen molar-refractivity contribution in [3.8, 4) is 50.7 Å². The van der Waals surface area contributed by atoms with E-state index in [1.54, 1.807) is 0 Å². The van der Waals surface area contributed by atoms with Gasteiger partial charge < -0.3 is 19.1 Å². The molecular weight excluding hydrogens is 1050 g/mol. The molecule has 0 saturated heterocycles. The molecule has 0 saturated carbocycles. The Bertz CT molecular complexity index is 3880. The van der Waals surface area contributed by atoms with Crippen LogP contribution in [0.1, 0.15) is 48.6 Å². The number of anilines is 4. The van der Waals surface area contributed by atoms with Gasteiger partial charge in [-0.2, -0.15) is 12.1 Å².